The Hall–Kier alpha value is -2.24. The second kappa shape index (κ2) is 4.95. The highest BCUT2D eigenvalue weighted by atomic mass is 16.5. The molecule has 0 unspecified atom stereocenters. The first kappa shape index (κ1) is 12.2. The predicted octanol–water partition coefficient (Wildman–Crippen LogP) is 0.517. The van der Waals surface area contributed by atoms with Gasteiger partial charge in [-0.3, -0.25) is 19.5 Å². The highest BCUT2D eigenvalue weighted by molar-refractivity contribution is 6.02. The van der Waals surface area contributed by atoms with Crippen LogP contribution in [0.2, 0.25) is 0 Å². The van der Waals surface area contributed by atoms with Crippen LogP contribution in [0, 0.1) is 0 Å². The zero-order valence-electron chi connectivity index (χ0n) is 9.88. The van der Waals surface area contributed by atoms with Gasteiger partial charge in [0.05, 0.1) is 24.9 Å². The molecule has 0 spiro atoms. The van der Waals surface area contributed by atoms with E-state index in [1.54, 1.807) is 12.1 Å². The predicted molar refractivity (Wildman–Crippen MR) is 60.4 cm³/mol. The fourth-order valence-corrected chi connectivity index (χ4v) is 1.81. The van der Waals surface area contributed by atoms with Crippen LogP contribution in [0.1, 0.15) is 28.9 Å². The van der Waals surface area contributed by atoms with E-state index in [-0.39, 0.29) is 36.8 Å². The van der Waals surface area contributed by atoms with Crippen molar-refractivity contribution in [1.82, 2.24) is 9.88 Å². The smallest absolute Gasteiger partial charge is 0.339 e. The number of pyridine rings is 1. The van der Waals surface area contributed by atoms with Crippen LogP contribution >= 0.6 is 0 Å². The summed E-state index contributed by atoms with van der Waals surface area (Å²) in [7, 11) is 1.27. The molecule has 1 fully saturated rings. The van der Waals surface area contributed by atoms with E-state index in [1.807, 2.05) is 0 Å². The number of likely N-dealkylation sites (tertiary alicyclic amines) is 1. The van der Waals surface area contributed by atoms with Gasteiger partial charge in [-0.05, 0) is 12.1 Å². The fraction of sp³-hybridized carbons (Fsp3) is 0.333. The maximum Gasteiger partial charge on any atom is 0.339 e. The lowest BCUT2D eigenvalue weighted by molar-refractivity contribution is -0.139. The lowest BCUT2D eigenvalue weighted by atomic mass is 10.2. The highest BCUT2D eigenvalue weighted by Crippen LogP contribution is 2.17. The summed E-state index contributed by atoms with van der Waals surface area (Å²) in [5.74, 6) is -1.000. The van der Waals surface area contributed by atoms with Gasteiger partial charge in [-0.25, -0.2) is 4.79 Å². The second-order valence-electron chi connectivity index (χ2n) is 3.86. The molecule has 2 amide bonds. The average Bonchev–Trinajstić information content (AvgIpc) is 2.70. The molecule has 0 radical (unpaired) electrons. The summed E-state index contributed by atoms with van der Waals surface area (Å²) in [4.78, 5) is 39.7. The van der Waals surface area contributed by atoms with Crippen molar-refractivity contribution < 1.29 is 19.1 Å². The minimum atomic E-state index is -0.530. The summed E-state index contributed by atoms with van der Waals surface area (Å²) < 4.78 is 4.63. The molecule has 18 heavy (non-hydrogen) atoms. The third-order valence-electron chi connectivity index (χ3n) is 2.76. The first-order chi connectivity index (χ1) is 8.63. The van der Waals surface area contributed by atoms with Crippen LogP contribution in [0.3, 0.4) is 0 Å². The van der Waals surface area contributed by atoms with Gasteiger partial charge < -0.3 is 4.74 Å². The Morgan fingerprint density at radius 2 is 2.06 bits per heavy atom. The van der Waals surface area contributed by atoms with Gasteiger partial charge in [0.25, 0.3) is 0 Å². The SMILES string of the molecule is COC(=O)c1cccnc1CN1C(=O)CCC1=O. The molecule has 0 bridgehead atoms. The Labute approximate surface area is 104 Å². The first-order valence-corrected chi connectivity index (χ1v) is 5.49. The van der Waals surface area contributed by atoms with Crippen LogP contribution < -0.4 is 0 Å². The number of rotatable bonds is 3. The molecule has 2 rings (SSSR count). The van der Waals surface area contributed by atoms with Gasteiger partial charge >= 0.3 is 5.97 Å². The van der Waals surface area contributed by atoms with Crippen molar-refractivity contribution in [2.45, 2.75) is 19.4 Å². The van der Waals surface area contributed by atoms with Crippen molar-refractivity contribution in [3.05, 3.63) is 29.6 Å². The van der Waals surface area contributed by atoms with E-state index >= 15 is 0 Å². The monoisotopic (exact) mass is 248 g/mol. The summed E-state index contributed by atoms with van der Waals surface area (Å²) in [5.41, 5.74) is 0.639. The van der Waals surface area contributed by atoms with Crippen LogP contribution in [0.4, 0.5) is 0 Å². The van der Waals surface area contributed by atoms with Gasteiger partial charge in [0, 0.05) is 19.0 Å². The van der Waals surface area contributed by atoms with Gasteiger partial charge in [-0.1, -0.05) is 0 Å². The molecule has 1 aromatic heterocycles. The Morgan fingerprint density at radius 1 is 1.39 bits per heavy atom. The topological polar surface area (TPSA) is 76.6 Å². The number of hydrogen-bond donors (Lipinski definition) is 0. The average molecular weight is 248 g/mol. The number of imide groups is 1. The molecular formula is C12H12N2O4. The number of esters is 1. The van der Waals surface area contributed by atoms with E-state index in [0.717, 1.165) is 4.90 Å². The quantitative estimate of drug-likeness (QED) is 0.575. The Morgan fingerprint density at radius 3 is 2.67 bits per heavy atom. The fourth-order valence-electron chi connectivity index (χ4n) is 1.81. The van der Waals surface area contributed by atoms with E-state index in [2.05, 4.69) is 9.72 Å². The molecule has 1 aliphatic rings. The van der Waals surface area contributed by atoms with Crippen LogP contribution in [-0.4, -0.2) is 34.8 Å². The van der Waals surface area contributed by atoms with Gasteiger partial charge in [-0.2, -0.15) is 0 Å². The van der Waals surface area contributed by atoms with Crippen LogP contribution in [0.25, 0.3) is 0 Å². The first-order valence-electron chi connectivity index (χ1n) is 5.49. The minimum Gasteiger partial charge on any atom is -0.465 e. The minimum absolute atomic E-state index is 0.0168. The number of nitrogens with zero attached hydrogens (tertiary/aromatic N) is 2. The molecule has 1 aliphatic heterocycles. The maximum absolute atomic E-state index is 11.5. The molecule has 6 heteroatoms. The largest absolute Gasteiger partial charge is 0.465 e. The summed E-state index contributed by atoms with van der Waals surface area (Å²) in [6.07, 6.45) is 1.95. The molecule has 0 N–H and O–H groups in total. The number of amides is 2. The van der Waals surface area contributed by atoms with Crippen molar-refractivity contribution in [3.8, 4) is 0 Å². The standard InChI is InChI=1S/C12H12N2O4/c1-18-12(17)8-3-2-6-13-9(8)7-14-10(15)4-5-11(14)16/h2-3,6H,4-5,7H2,1H3. The number of methoxy groups -OCH3 is 1. The Bertz CT molecular complexity index is 497. The number of hydrogen-bond acceptors (Lipinski definition) is 5. The second-order valence-corrected chi connectivity index (χ2v) is 3.86. The number of carbonyl (C=O) groups is 3. The Balaban J connectivity index is 2.26. The zero-order valence-corrected chi connectivity index (χ0v) is 9.88. The summed E-state index contributed by atoms with van der Waals surface area (Å²) in [6, 6.07) is 3.16. The van der Waals surface area contributed by atoms with E-state index < -0.39 is 5.97 Å². The zero-order chi connectivity index (χ0) is 13.1. The van der Waals surface area contributed by atoms with Gasteiger partial charge in [-0.15, -0.1) is 0 Å². The molecule has 1 saturated heterocycles. The third kappa shape index (κ3) is 2.22. The highest BCUT2D eigenvalue weighted by Gasteiger charge is 2.30. The maximum atomic E-state index is 11.5. The molecule has 0 aromatic carbocycles. The van der Waals surface area contributed by atoms with Gasteiger partial charge in [0.15, 0.2) is 0 Å². The van der Waals surface area contributed by atoms with E-state index in [1.165, 1.54) is 13.3 Å². The lowest BCUT2D eigenvalue weighted by Crippen LogP contribution is -2.29. The van der Waals surface area contributed by atoms with Crippen molar-refractivity contribution in [3.63, 3.8) is 0 Å². The summed E-state index contributed by atoms with van der Waals surface area (Å²) >= 11 is 0. The molecule has 0 saturated carbocycles. The third-order valence-corrected chi connectivity index (χ3v) is 2.76. The van der Waals surface area contributed by atoms with Crippen LogP contribution in [0.15, 0.2) is 18.3 Å². The van der Waals surface area contributed by atoms with Crippen molar-refractivity contribution >= 4 is 17.8 Å². The molecule has 94 valence electrons. The summed E-state index contributed by atoms with van der Waals surface area (Å²) in [5, 5.41) is 0. The normalized spacial score (nSPS) is 15.1. The molecule has 0 aliphatic carbocycles. The molecule has 1 aromatic rings. The van der Waals surface area contributed by atoms with Crippen LogP contribution in [-0.2, 0) is 20.9 Å². The lowest BCUT2D eigenvalue weighted by Gasteiger charge is -2.14. The van der Waals surface area contributed by atoms with E-state index in [0.29, 0.717) is 5.69 Å². The van der Waals surface area contributed by atoms with Crippen molar-refractivity contribution in [2.75, 3.05) is 7.11 Å². The number of ether oxygens (including phenoxy) is 1. The molecular weight excluding hydrogens is 236 g/mol. The van der Waals surface area contributed by atoms with E-state index in [4.69, 9.17) is 0 Å². The van der Waals surface area contributed by atoms with E-state index in [9.17, 15) is 14.4 Å². The number of aromatic nitrogens is 1. The van der Waals surface area contributed by atoms with Crippen molar-refractivity contribution in [2.24, 2.45) is 0 Å². The van der Waals surface area contributed by atoms with Gasteiger partial charge in [0.1, 0.15) is 0 Å². The Kier molecular flexibility index (Phi) is 3.36. The summed E-state index contributed by atoms with van der Waals surface area (Å²) in [6.45, 7) is 0.0168. The molecule has 2 heterocycles. The van der Waals surface area contributed by atoms with Crippen molar-refractivity contribution in [1.29, 1.82) is 0 Å². The van der Waals surface area contributed by atoms with Crippen LogP contribution in [0.5, 0.6) is 0 Å². The molecule has 6 nitrogen and oxygen atoms in total. The number of carbonyl (C=O) groups excluding carboxylic acids is 3. The molecule has 0 atom stereocenters. The van der Waals surface area contributed by atoms with Gasteiger partial charge in [0.2, 0.25) is 11.8 Å².